The maximum absolute atomic E-state index is 10.3. The first kappa shape index (κ1) is 8.32. The van der Waals surface area contributed by atoms with Crippen LogP contribution in [0.25, 0.3) is 0 Å². The van der Waals surface area contributed by atoms with Gasteiger partial charge in [0.2, 0.25) is 0 Å². The molecule has 0 aliphatic carbocycles. The highest BCUT2D eigenvalue weighted by molar-refractivity contribution is 5.34. The Kier molecular flexibility index (Phi) is 2.47. The van der Waals surface area contributed by atoms with E-state index in [4.69, 9.17) is 5.53 Å². The van der Waals surface area contributed by atoms with E-state index in [0.29, 0.717) is 5.56 Å². The van der Waals surface area contributed by atoms with Gasteiger partial charge in [-0.15, -0.1) is 0 Å². The average molecular weight is 165 g/mol. The van der Waals surface area contributed by atoms with Crippen molar-refractivity contribution in [3.63, 3.8) is 0 Å². The van der Waals surface area contributed by atoms with Crippen molar-refractivity contribution >= 4 is 5.69 Å². The van der Waals surface area contributed by atoms with Crippen molar-refractivity contribution in [3.05, 3.63) is 39.9 Å². The van der Waals surface area contributed by atoms with Crippen LogP contribution >= 0.6 is 0 Å². The minimum Gasteiger partial charge on any atom is -0.258 e. The van der Waals surface area contributed by atoms with Crippen LogP contribution in [0.1, 0.15) is 5.56 Å². The second kappa shape index (κ2) is 3.56. The Labute approximate surface area is 68.7 Å². The Hall–Kier alpha value is -1.78. The summed E-state index contributed by atoms with van der Waals surface area (Å²) >= 11 is 0. The Bertz CT molecular complexity index is 311. The summed E-state index contributed by atoms with van der Waals surface area (Å²) in [6, 6.07) is 6.11. The van der Waals surface area contributed by atoms with Gasteiger partial charge in [0.25, 0.3) is 5.69 Å². The minimum atomic E-state index is -0.465. The number of nitrogens with zero attached hydrogens (tertiary/aromatic N) is 2. The van der Waals surface area contributed by atoms with E-state index in [1.165, 1.54) is 12.1 Å². The molecule has 62 valence electrons. The molecule has 12 heavy (non-hydrogen) atoms. The molecule has 0 bridgehead atoms. The van der Waals surface area contributed by atoms with Crippen LogP contribution in [0.2, 0.25) is 0 Å². The minimum absolute atomic E-state index is 0.0381. The zero-order valence-electron chi connectivity index (χ0n) is 6.23. The molecule has 0 aliphatic heterocycles. The van der Waals surface area contributed by atoms with E-state index in [-0.39, 0.29) is 12.2 Å². The second-order valence-corrected chi connectivity index (χ2v) is 2.24. The molecule has 1 aromatic rings. The molecule has 5 heteroatoms. The molecule has 0 unspecified atom stereocenters. The molecule has 5 nitrogen and oxygen atoms in total. The van der Waals surface area contributed by atoms with E-state index in [1.807, 2.05) is 0 Å². The summed E-state index contributed by atoms with van der Waals surface area (Å²) < 4.78 is 0. The van der Waals surface area contributed by atoms with Gasteiger partial charge >= 0.3 is 0 Å². The number of nitro benzene ring substituents is 1. The van der Waals surface area contributed by atoms with Gasteiger partial charge in [0, 0.05) is 12.1 Å². The van der Waals surface area contributed by atoms with Crippen LogP contribution in [-0.2, 0) is 6.54 Å². The Morgan fingerprint density at radius 2 is 2.33 bits per heavy atom. The van der Waals surface area contributed by atoms with Gasteiger partial charge in [0.05, 0.1) is 11.5 Å². The van der Waals surface area contributed by atoms with Gasteiger partial charge < -0.3 is 0 Å². The Balaban J connectivity index is 2.95. The lowest BCUT2D eigenvalue weighted by molar-refractivity contribution is -0.384. The van der Waals surface area contributed by atoms with Gasteiger partial charge in [-0.2, -0.15) is 5.11 Å². The monoisotopic (exact) mass is 165 g/mol. The molecular formula is C7H7N3O2. The summed E-state index contributed by atoms with van der Waals surface area (Å²) in [5, 5.41) is 13.4. The Morgan fingerprint density at radius 3 is 2.92 bits per heavy atom. The number of hydrogen-bond donors (Lipinski definition) is 1. The van der Waals surface area contributed by atoms with Crippen LogP contribution in [0, 0.1) is 15.6 Å². The summed E-state index contributed by atoms with van der Waals surface area (Å²) in [6.45, 7) is 0.196. The molecule has 0 saturated heterocycles. The topological polar surface area (TPSA) is 79.3 Å². The van der Waals surface area contributed by atoms with Crippen LogP contribution in [0.5, 0.6) is 0 Å². The lowest BCUT2D eigenvalue weighted by Gasteiger charge is -1.94. The van der Waals surface area contributed by atoms with Crippen molar-refractivity contribution in [1.82, 2.24) is 0 Å². The fourth-order valence-electron chi connectivity index (χ4n) is 0.860. The molecule has 0 amide bonds. The number of nitro groups is 1. The maximum atomic E-state index is 10.3. The maximum Gasteiger partial charge on any atom is 0.269 e. The first-order valence-corrected chi connectivity index (χ1v) is 3.30. The van der Waals surface area contributed by atoms with Crippen molar-refractivity contribution in [2.45, 2.75) is 6.54 Å². The molecule has 0 heterocycles. The molecule has 0 spiro atoms. The van der Waals surface area contributed by atoms with Gasteiger partial charge in [0.15, 0.2) is 0 Å². The molecule has 1 N–H and O–H groups in total. The Morgan fingerprint density at radius 1 is 1.58 bits per heavy atom. The molecule has 0 aromatic heterocycles. The average Bonchev–Trinajstić information content (AvgIpc) is 2.05. The predicted octanol–water partition coefficient (Wildman–Crippen LogP) is 2.13. The summed E-state index contributed by atoms with van der Waals surface area (Å²) in [5.74, 6) is 0. The fraction of sp³-hybridized carbons (Fsp3) is 0.143. The van der Waals surface area contributed by atoms with E-state index in [9.17, 15) is 10.1 Å². The fourth-order valence-corrected chi connectivity index (χ4v) is 0.860. The lowest BCUT2D eigenvalue weighted by Crippen LogP contribution is -1.89. The van der Waals surface area contributed by atoms with Gasteiger partial charge in [-0.3, -0.25) is 10.1 Å². The van der Waals surface area contributed by atoms with Crippen molar-refractivity contribution in [1.29, 1.82) is 5.53 Å². The zero-order valence-corrected chi connectivity index (χ0v) is 6.23. The first-order valence-electron chi connectivity index (χ1n) is 3.30. The van der Waals surface area contributed by atoms with Crippen LogP contribution < -0.4 is 0 Å². The highest BCUT2D eigenvalue weighted by atomic mass is 16.6. The molecule has 1 aromatic carbocycles. The highest BCUT2D eigenvalue weighted by Gasteiger charge is 2.04. The summed E-state index contributed by atoms with van der Waals surface area (Å²) in [6.07, 6.45) is 0. The molecular weight excluding hydrogens is 158 g/mol. The van der Waals surface area contributed by atoms with Crippen LogP contribution in [0.15, 0.2) is 29.4 Å². The van der Waals surface area contributed by atoms with Crippen LogP contribution in [0.3, 0.4) is 0 Å². The standard InChI is InChI=1S/C7H7N3O2/c8-9-5-6-2-1-3-7(4-6)10(11)12/h1-4,8H,5H2. The van der Waals surface area contributed by atoms with Crippen LogP contribution in [0.4, 0.5) is 5.69 Å². The highest BCUT2D eigenvalue weighted by Crippen LogP contribution is 2.13. The third-order valence-electron chi connectivity index (χ3n) is 1.38. The van der Waals surface area contributed by atoms with Gasteiger partial charge in [-0.1, -0.05) is 12.1 Å². The van der Waals surface area contributed by atoms with Crippen molar-refractivity contribution in [2.24, 2.45) is 5.11 Å². The van der Waals surface area contributed by atoms with E-state index >= 15 is 0 Å². The normalized spacial score (nSPS) is 9.33. The van der Waals surface area contributed by atoms with Crippen molar-refractivity contribution in [3.8, 4) is 0 Å². The summed E-state index contributed by atoms with van der Waals surface area (Å²) in [4.78, 5) is 9.82. The van der Waals surface area contributed by atoms with E-state index in [1.54, 1.807) is 12.1 Å². The molecule has 1 rings (SSSR count). The number of nitrogens with one attached hydrogen (secondary N) is 1. The van der Waals surface area contributed by atoms with Gasteiger partial charge in [-0.25, -0.2) is 5.53 Å². The number of rotatable bonds is 3. The molecule has 0 atom stereocenters. The van der Waals surface area contributed by atoms with Crippen molar-refractivity contribution < 1.29 is 4.92 Å². The largest absolute Gasteiger partial charge is 0.269 e. The van der Waals surface area contributed by atoms with E-state index in [2.05, 4.69) is 5.11 Å². The van der Waals surface area contributed by atoms with Gasteiger partial charge in [0.1, 0.15) is 0 Å². The molecule has 0 aliphatic rings. The predicted molar refractivity (Wildman–Crippen MR) is 41.9 cm³/mol. The number of non-ortho nitro benzene ring substituents is 1. The molecule has 0 radical (unpaired) electrons. The number of hydrogen-bond acceptors (Lipinski definition) is 4. The first-order chi connectivity index (χ1) is 5.74. The third kappa shape index (κ3) is 1.85. The van der Waals surface area contributed by atoms with Gasteiger partial charge in [-0.05, 0) is 5.56 Å². The van der Waals surface area contributed by atoms with Crippen molar-refractivity contribution in [2.75, 3.05) is 0 Å². The SMILES string of the molecule is N=NCc1cccc([N+](=O)[O-])c1. The summed E-state index contributed by atoms with van der Waals surface area (Å²) in [5.41, 5.74) is 7.29. The third-order valence-corrected chi connectivity index (χ3v) is 1.38. The smallest absolute Gasteiger partial charge is 0.258 e. The molecule has 0 saturated carbocycles. The second-order valence-electron chi connectivity index (χ2n) is 2.24. The lowest BCUT2D eigenvalue weighted by atomic mass is 10.2. The quantitative estimate of drug-likeness (QED) is 0.423. The van der Waals surface area contributed by atoms with E-state index in [0.717, 1.165) is 0 Å². The van der Waals surface area contributed by atoms with E-state index < -0.39 is 4.92 Å². The zero-order chi connectivity index (χ0) is 8.97. The number of benzene rings is 1. The van der Waals surface area contributed by atoms with Crippen LogP contribution in [-0.4, -0.2) is 4.92 Å². The summed E-state index contributed by atoms with van der Waals surface area (Å²) in [7, 11) is 0. The molecule has 0 fully saturated rings.